The topological polar surface area (TPSA) is 274 Å². The van der Waals surface area contributed by atoms with E-state index in [4.69, 9.17) is 47.4 Å². The molecule has 8 atom stereocenters. The Hall–Kier alpha value is -0.530. The Bertz CT molecular complexity index is 530. The summed E-state index contributed by atoms with van der Waals surface area (Å²) in [7, 11) is -3.11. The van der Waals surface area contributed by atoms with Gasteiger partial charge in [0.2, 0.25) is 0 Å². The Kier molecular flexibility index (Phi) is 14.8. The van der Waals surface area contributed by atoms with Crippen LogP contribution in [0.25, 0.3) is 0 Å². The summed E-state index contributed by atoms with van der Waals surface area (Å²) < 4.78 is 41.6. The minimum atomic E-state index is -3.11. The van der Waals surface area contributed by atoms with Crippen LogP contribution >= 0.6 is 0 Å². The van der Waals surface area contributed by atoms with Crippen molar-refractivity contribution < 1.29 is 65.4 Å². The van der Waals surface area contributed by atoms with Crippen LogP contribution in [0.1, 0.15) is 5.94 Å². The van der Waals surface area contributed by atoms with Crippen molar-refractivity contribution in [3.63, 3.8) is 0 Å². The van der Waals surface area contributed by atoms with Crippen LogP contribution in [0.3, 0.4) is 0 Å². The normalized spacial score (nSPS) is 20.7. The molecule has 0 aliphatic heterocycles. The summed E-state index contributed by atoms with van der Waals surface area (Å²) in [6.45, 7) is -1.70. The van der Waals surface area contributed by atoms with Crippen LogP contribution in [-0.2, 0) is 9.84 Å². The Morgan fingerprint density at radius 1 is 0.800 bits per heavy atom. The highest BCUT2D eigenvalue weighted by Gasteiger charge is 2.30. The van der Waals surface area contributed by atoms with Gasteiger partial charge in [-0.15, -0.1) is 0 Å². The van der Waals surface area contributed by atoms with Gasteiger partial charge in [-0.05, 0) is 0 Å². The molecule has 0 unspecified atom stereocenters. The molecular weight excluding hydrogens is 432 g/mol. The Labute approximate surface area is 180 Å². The number of hydrogen-bond acceptors (Lipinski definition) is 14. The maximum atomic E-state index is 10.8. The van der Waals surface area contributed by atoms with E-state index >= 15 is 0 Å². The molecule has 0 heterocycles. The van der Waals surface area contributed by atoms with Crippen molar-refractivity contribution in [3.05, 3.63) is 0 Å². The summed E-state index contributed by atoms with van der Waals surface area (Å²) in [4.78, 5) is 0. The van der Waals surface area contributed by atoms with Crippen molar-refractivity contribution in [1.82, 2.24) is 5.32 Å². The molecule has 0 aromatic carbocycles. The van der Waals surface area contributed by atoms with Gasteiger partial charge >= 0.3 is 0 Å². The highest BCUT2D eigenvalue weighted by molar-refractivity contribution is 7.90. The number of rotatable bonds is 14. The van der Waals surface area contributed by atoms with Crippen molar-refractivity contribution in [3.8, 4) is 0 Å². The molecule has 188 valence electrons. The quantitative estimate of drug-likeness (QED) is 0.104. The highest BCUT2D eigenvalue weighted by atomic mass is 32.2. The summed E-state index contributed by atoms with van der Waals surface area (Å²) in [5.74, 6) is -0.113. The first-order valence-electron chi connectivity index (χ1n) is 11.0. The summed E-state index contributed by atoms with van der Waals surface area (Å²) in [6.07, 6.45) is -11.1. The monoisotopic (exact) mass is 476 g/mol. The van der Waals surface area contributed by atoms with Crippen molar-refractivity contribution in [2.24, 2.45) is 5.73 Å². The fourth-order valence-electron chi connectivity index (χ4n) is 1.89. The van der Waals surface area contributed by atoms with Gasteiger partial charge in [-0.3, -0.25) is 0 Å². The summed E-state index contributed by atoms with van der Waals surface area (Å²) >= 11 is 0. The number of aliphatic hydroxyl groups is 10. The van der Waals surface area contributed by atoms with Crippen molar-refractivity contribution >= 4 is 9.84 Å². The predicted octanol–water partition coefficient (Wildman–Crippen LogP) is -7.07. The molecule has 0 aliphatic rings. The van der Waals surface area contributed by atoms with Gasteiger partial charge < -0.3 is 62.1 Å². The number of sulfone groups is 1. The first kappa shape index (κ1) is 27.5. The van der Waals surface area contributed by atoms with E-state index in [1.165, 1.54) is 0 Å². The molecule has 0 saturated carbocycles. The average molecular weight is 477 g/mol. The van der Waals surface area contributed by atoms with E-state index in [1.807, 2.05) is 0 Å². The van der Waals surface area contributed by atoms with Gasteiger partial charge in [0.1, 0.15) is 46.5 Å². The molecule has 0 rings (SSSR count). The molecule has 0 aromatic rings. The second kappa shape index (κ2) is 16.2. The van der Waals surface area contributed by atoms with Crippen LogP contribution in [0.4, 0.5) is 0 Å². The Morgan fingerprint density at radius 3 is 1.50 bits per heavy atom. The van der Waals surface area contributed by atoms with Crippen LogP contribution in [-0.4, -0.2) is 153 Å². The molecule has 13 N–H and O–H groups in total. The number of hydrogen-bond donors (Lipinski definition) is 12. The predicted molar refractivity (Wildman–Crippen MR) is 108 cm³/mol. The molecule has 14 nitrogen and oxygen atoms in total. The smallest absolute Gasteiger partial charge is 0.148 e. The van der Waals surface area contributed by atoms with Gasteiger partial charge in [-0.25, -0.2) is 8.42 Å². The summed E-state index contributed by atoms with van der Waals surface area (Å²) in [5, 5.41) is 92.5. The van der Waals surface area contributed by atoms with Crippen LogP contribution in [0.2, 0.25) is 0 Å². The van der Waals surface area contributed by atoms with E-state index in [0.717, 1.165) is 6.26 Å². The third-order valence-corrected chi connectivity index (χ3v) is 4.84. The minimum absolute atomic E-state index is 0.0985. The maximum Gasteiger partial charge on any atom is 0.148 e. The van der Waals surface area contributed by atoms with Gasteiger partial charge in [-0.2, -0.15) is 0 Å². The molecule has 30 heavy (non-hydrogen) atoms. The van der Waals surface area contributed by atoms with E-state index in [0.29, 0.717) is 0 Å². The summed E-state index contributed by atoms with van der Waals surface area (Å²) in [6, 6.07) is 0. The van der Waals surface area contributed by atoms with E-state index in [9.17, 15) is 23.7 Å². The molecule has 0 aromatic heterocycles. The van der Waals surface area contributed by atoms with E-state index in [-0.39, 0.29) is 25.4 Å². The van der Waals surface area contributed by atoms with Crippen LogP contribution < -0.4 is 11.1 Å². The number of nitrogens with two attached hydrogens (primary N) is 1. The zero-order valence-electron chi connectivity index (χ0n) is 20.6. The lowest BCUT2D eigenvalue weighted by molar-refractivity contribution is -0.113. The van der Waals surface area contributed by atoms with E-state index in [2.05, 4.69) is 5.32 Å². The lowest BCUT2D eigenvalue weighted by Gasteiger charge is -2.25. The van der Waals surface area contributed by atoms with Crippen molar-refractivity contribution in [2.75, 3.05) is 44.9 Å². The second-order valence-corrected chi connectivity index (χ2v) is 8.93. The fourth-order valence-corrected chi connectivity index (χ4v) is 2.41. The molecule has 15 heteroatoms. The largest absolute Gasteiger partial charge is 0.394 e. The van der Waals surface area contributed by atoms with Gasteiger partial charge in [0.25, 0.3) is 0 Å². The van der Waals surface area contributed by atoms with Gasteiger partial charge in [0.05, 0.1) is 31.2 Å². The zero-order chi connectivity index (χ0) is 28.1. The Morgan fingerprint density at radius 2 is 1.17 bits per heavy atom. The van der Waals surface area contributed by atoms with Gasteiger partial charge in [0.15, 0.2) is 0 Å². The van der Waals surface area contributed by atoms with Crippen LogP contribution in [0, 0.1) is 0 Å². The molecule has 0 saturated heterocycles. The maximum absolute atomic E-state index is 10.8. The molecule has 0 amide bonds. The molecule has 0 aliphatic carbocycles. The van der Waals surface area contributed by atoms with E-state index in [1.54, 1.807) is 0 Å². The first-order valence-corrected chi connectivity index (χ1v) is 11.0. The molecule has 0 fully saturated rings. The highest BCUT2D eigenvalue weighted by Crippen LogP contribution is 2.05. The van der Waals surface area contributed by atoms with Crippen molar-refractivity contribution in [1.29, 1.82) is 0 Å². The molecular formula is C15H40N2O12S. The SMILES string of the molecule is CS(=O)(=O)CCNC[C@H](O)[C@@H](O)[C@H](O)[C@H](O)CO.NC[C@H](O)[C@@H](O)[C@H](O)[C@H](O)CO.[2H][2H].[2H][2H]. The van der Waals surface area contributed by atoms with E-state index < -0.39 is 71.9 Å². The van der Waals surface area contributed by atoms with Crippen LogP contribution in [0.5, 0.6) is 0 Å². The fraction of sp³-hybridized carbons (Fsp3) is 1.00. The zero-order valence-corrected chi connectivity index (χ0v) is 17.5. The molecule has 0 radical (unpaired) electrons. The second-order valence-electron chi connectivity index (χ2n) is 6.67. The minimum Gasteiger partial charge on any atom is -0.394 e. The molecule has 0 spiro atoms. The lowest BCUT2D eigenvalue weighted by atomic mass is 10.0. The third-order valence-electron chi connectivity index (χ3n) is 3.90. The Balaban J connectivity index is -0.000000244. The first-order chi connectivity index (χ1) is 15.7. The standard InChI is InChI=1S/C9H21NO7S.C6H15NO5.2H2/c1-18(16,17)3-2-10-4-6(12)8(14)9(15)7(13)5-11;7-1-3(9)5(11)6(12)4(10)2-8;;/h6-15H,2-5H2,1H3;3-6,8-12H,1-2,7H2;2*1H/t6-,7+,8+,9+;3-,4+,5+,6+;;/m00../s1/i;;2*1+1D. The van der Waals surface area contributed by atoms with Crippen LogP contribution in [0.15, 0.2) is 0 Å². The molecule has 0 bridgehead atoms. The lowest BCUT2D eigenvalue weighted by Crippen LogP contribution is -2.49. The average Bonchev–Trinajstić information content (AvgIpc) is 2.85. The van der Waals surface area contributed by atoms with Gasteiger partial charge in [-0.1, -0.05) is 0 Å². The summed E-state index contributed by atoms with van der Waals surface area (Å²) in [5.41, 5.74) is 4.99. The third kappa shape index (κ3) is 13.7. The van der Waals surface area contributed by atoms with Crippen molar-refractivity contribution in [2.45, 2.75) is 48.8 Å². The number of nitrogens with one attached hydrogen (secondary N) is 1. The van der Waals surface area contributed by atoms with Gasteiger partial charge in [0, 0.05) is 31.8 Å². The number of aliphatic hydroxyl groups excluding tert-OH is 10.